The van der Waals surface area contributed by atoms with Gasteiger partial charge in [-0.15, -0.1) is 0 Å². The van der Waals surface area contributed by atoms with Gasteiger partial charge in [0, 0.05) is 49.5 Å². The minimum atomic E-state index is -4.68. The van der Waals surface area contributed by atoms with E-state index in [2.05, 4.69) is 15.6 Å². The number of nitrogens with one attached hydrogen (secondary N) is 2. The number of hydrogen-bond donors (Lipinski definition) is 3. The van der Waals surface area contributed by atoms with E-state index in [-0.39, 0.29) is 45.9 Å². The highest BCUT2D eigenvalue weighted by Gasteiger charge is 2.39. The Labute approximate surface area is 260 Å². The second kappa shape index (κ2) is 13.6. The SMILES string of the molecule is NC(C(=O)N[C@H]1CCCC[C@@H]1CC[C@H]1CN[C@@H]2CCCS(=O)(=O)N1C2)C(c1cncc(C(F)(F)F)c1)c1ccc(Cl)c(F)c1. The van der Waals surface area contributed by atoms with E-state index in [1.54, 1.807) is 4.31 Å². The Hall–Kier alpha value is -2.32. The molecule has 4 N–H and O–H groups in total. The van der Waals surface area contributed by atoms with Gasteiger partial charge in [-0.25, -0.2) is 12.8 Å². The first-order chi connectivity index (χ1) is 20.8. The summed E-state index contributed by atoms with van der Waals surface area (Å²) in [5.41, 5.74) is 5.67. The third-order valence-corrected chi connectivity index (χ3v) is 11.6. The molecule has 2 aromatic rings. The van der Waals surface area contributed by atoms with Crippen LogP contribution in [0.4, 0.5) is 17.6 Å². The van der Waals surface area contributed by atoms with Crippen molar-refractivity contribution < 1.29 is 30.8 Å². The smallest absolute Gasteiger partial charge is 0.352 e. The zero-order chi connectivity index (χ0) is 31.6. The molecule has 14 heteroatoms. The van der Waals surface area contributed by atoms with Crippen LogP contribution < -0.4 is 16.4 Å². The molecule has 242 valence electrons. The molecule has 1 saturated carbocycles. The van der Waals surface area contributed by atoms with E-state index in [4.69, 9.17) is 17.3 Å². The monoisotopic (exact) mass is 659 g/mol. The summed E-state index contributed by atoms with van der Waals surface area (Å²) in [6.07, 6.45) is 3.41. The largest absolute Gasteiger partial charge is 0.417 e. The molecule has 0 spiro atoms. The molecule has 44 heavy (non-hydrogen) atoms. The number of carbonyl (C=O) groups is 1. The predicted molar refractivity (Wildman–Crippen MR) is 159 cm³/mol. The number of halogens is 5. The first-order valence-electron chi connectivity index (χ1n) is 15.1. The molecule has 5 rings (SSSR count). The number of aromatic nitrogens is 1. The Kier molecular flexibility index (Phi) is 10.2. The maximum Gasteiger partial charge on any atom is 0.417 e. The molecule has 2 saturated heterocycles. The minimum Gasteiger partial charge on any atom is -0.352 e. The fraction of sp³-hybridized carbons (Fsp3) is 0.600. The molecule has 2 aliphatic heterocycles. The van der Waals surface area contributed by atoms with Crippen molar-refractivity contribution in [2.24, 2.45) is 11.7 Å². The number of carbonyl (C=O) groups excluding carboxylic acids is 1. The minimum absolute atomic E-state index is 0.0196. The van der Waals surface area contributed by atoms with Crippen molar-refractivity contribution in [2.45, 2.75) is 87.6 Å². The first-order valence-corrected chi connectivity index (χ1v) is 17.1. The van der Waals surface area contributed by atoms with E-state index in [0.717, 1.165) is 37.8 Å². The third-order valence-electron chi connectivity index (χ3n) is 9.28. The van der Waals surface area contributed by atoms with Crippen molar-refractivity contribution in [3.05, 3.63) is 64.2 Å². The number of benzene rings is 1. The number of pyridine rings is 1. The second-order valence-electron chi connectivity index (χ2n) is 12.2. The summed E-state index contributed by atoms with van der Waals surface area (Å²) in [5, 5.41) is 6.36. The molecule has 1 aromatic heterocycles. The zero-order valence-electron chi connectivity index (χ0n) is 24.2. The Balaban J connectivity index is 1.33. The maximum absolute atomic E-state index is 14.5. The summed E-state index contributed by atoms with van der Waals surface area (Å²) in [7, 11) is -3.32. The fourth-order valence-electron chi connectivity index (χ4n) is 6.92. The van der Waals surface area contributed by atoms with Gasteiger partial charge in [-0.3, -0.25) is 9.78 Å². The highest BCUT2D eigenvalue weighted by molar-refractivity contribution is 7.89. The molecule has 3 unspecified atom stereocenters. The van der Waals surface area contributed by atoms with Gasteiger partial charge in [0.1, 0.15) is 5.82 Å². The van der Waals surface area contributed by atoms with E-state index in [1.807, 2.05) is 0 Å². The fourth-order valence-corrected chi connectivity index (χ4v) is 8.85. The second-order valence-corrected chi connectivity index (χ2v) is 14.7. The summed E-state index contributed by atoms with van der Waals surface area (Å²) in [6.45, 7) is 1.06. The van der Waals surface area contributed by atoms with E-state index in [9.17, 15) is 30.8 Å². The van der Waals surface area contributed by atoms with Crippen LogP contribution in [0.1, 0.15) is 74.0 Å². The predicted octanol–water partition coefficient (Wildman–Crippen LogP) is 4.57. The zero-order valence-corrected chi connectivity index (χ0v) is 25.8. The molecule has 2 bridgehead atoms. The average molecular weight is 660 g/mol. The quantitative estimate of drug-likeness (QED) is 0.358. The van der Waals surface area contributed by atoms with Crippen LogP contribution in [-0.4, -0.2) is 66.6 Å². The van der Waals surface area contributed by atoms with Gasteiger partial charge >= 0.3 is 6.18 Å². The summed E-state index contributed by atoms with van der Waals surface area (Å²) in [6, 6.07) is 3.07. The topological polar surface area (TPSA) is 117 Å². The van der Waals surface area contributed by atoms with Crippen LogP contribution in [0, 0.1) is 11.7 Å². The molecule has 1 aliphatic carbocycles. The highest BCUT2D eigenvalue weighted by atomic mass is 35.5. The van der Waals surface area contributed by atoms with Crippen molar-refractivity contribution >= 4 is 27.5 Å². The summed E-state index contributed by atoms with van der Waals surface area (Å²) in [4.78, 5) is 17.4. The standard InChI is InChI=1S/C30H38ClF4N5O3S/c31-24-10-8-19(13-25(24)32)27(20-12-21(15-37-14-20)30(33,34)35)28(36)29(41)39-26-6-2-1-4-18(26)7-9-23-16-38-22-5-3-11-44(42,43)40(23)17-22/h8,10,12-15,18,22-23,26-28,38H,1-7,9,11,16-17,36H2,(H,39,41)/t18-,22-,23+,26+,27?,28?/m1/s1. The van der Waals surface area contributed by atoms with E-state index in [0.29, 0.717) is 45.0 Å². The van der Waals surface area contributed by atoms with Gasteiger partial charge in [-0.1, -0.05) is 30.5 Å². The van der Waals surface area contributed by atoms with E-state index in [1.165, 1.54) is 18.3 Å². The lowest BCUT2D eigenvalue weighted by atomic mass is 9.80. The van der Waals surface area contributed by atoms with Crippen molar-refractivity contribution in [3.63, 3.8) is 0 Å². The molecule has 1 amide bonds. The van der Waals surface area contributed by atoms with Gasteiger partial charge in [-0.05, 0) is 73.8 Å². The number of amides is 1. The van der Waals surface area contributed by atoms with Gasteiger partial charge in [0.15, 0.2) is 0 Å². The Morgan fingerprint density at radius 2 is 1.89 bits per heavy atom. The number of piperazine rings is 1. The van der Waals surface area contributed by atoms with Crippen molar-refractivity contribution in [2.75, 3.05) is 18.8 Å². The number of nitrogens with two attached hydrogens (primary N) is 1. The molecule has 1 aromatic carbocycles. The number of alkyl halides is 3. The first kappa shape index (κ1) is 33.1. The number of hydrogen-bond acceptors (Lipinski definition) is 6. The summed E-state index contributed by atoms with van der Waals surface area (Å²) >= 11 is 5.85. The molecule has 8 nitrogen and oxygen atoms in total. The number of rotatable bonds is 8. The average Bonchev–Trinajstić information content (AvgIpc) is 3.10. The maximum atomic E-state index is 14.5. The van der Waals surface area contributed by atoms with Gasteiger partial charge in [0.25, 0.3) is 0 Å². The molecule has 3 heterocycles. The van der Waals surface area contributed by atoms with Crippen LogP contribution >= 0.6 is 11.6 Å². The van der Waals surface area contributed by atoms with Crippen molar-refractivity contribution in [3.8, 4) is 0 Å². The molecular weight excluding hydrogens is 622 g/mol. The number of nitrogens with zero attached hydrogens (tertiary/aromatic N) is 2. The number of fused-ring (bicyclic) bond motifs is 2. The summed E-state index contributed by atoms with van der Waals surface area (Å²) < 4.78 is 82.5. The highest BCUT2D eigenvalue weighted by Crippen LogP contribution is 2.35. The lowest BCUT2D eigenvalue weighted by molar-refractivity contribution is -0.137. The lowest BCUT2D eigenvalue weighted by Gasteiger charge is -2.39. The van der Waals surface area contributed by atoms with Crippen LogP contribution in [0.5, 0.6) is 0 Å². The van der Waals surface area contributed by atoms with Gasteiger partial charge in [0.05, 0.1) is 22.4 Å². The Morgan fingerprint density at radius 1 is 1.11 bits per heavy atom. The molecule has 0 radical (unpaired) electrons. The van der Waals surface area contributed by atoms with E-state index >= 15 is 0 Å². The van der Waals surface area contributed by atoms with Crippen LogP contribution in [0.2, 0.25) is 5.02 Å². The Bertz CT molecular complexity index is 1450. The Morgan fingerprint density at radius 3 is 2.64 bits per heavy atom. The van der Waals surface area contributed by atoms with Gasteiger partial charge in [0.2, 0.25) is 15.9 Å². The summed E-state index contributed by atoms with van der Waals surface area (Å²) in [5.74, 6) is -2.26. The lowest BCUT2D eigenvalue weighted by Crippen LogP contribution is -2.57. The van der Waals surface area contributed by atoms with Crippen molar-refractivity contribution in [1.82, 2.24) is 19.9 Å². The van der Waals surface area contributed by atoms with Gasteiger partial charge < -0.3 is 16.4 Å². The normalized spacial score (nSPS) is 28.5. The third kappa shape index (κ3) is 7.55. The molecule has 3 aliphatic rings. The molecule has 3 fully saturated rings. The van der Waals surface area contributed by atoms with E-state index < -0.39 is 45.4 Å². The molecule has 7 atom stereocenters. The number of sulfonamides is 1. The van der Waals surface area contributed by atoms with Crippen LogP contribution in [0.25, 0.3) is 0 Å². The van der Waals surface area contributed by atoms with Crippen molar-refractivity contribution in [1.29, 1.82) is 0 Å². The van der Waals surface area contributed by atoms with Crippen LogP contribution in [0.3, 0.4) is 0 Å². The van der Waals surface area contributed by atoms with Crippen LogP contribution in [-0.2, 0) is 21.0 Å². The van der Waals surface area contributed by atoms with Crippen LogP contribution in [0.15, 0.2) is 36.7 Å². The molecular formula is C30H38ClF4N5O3S. The van der Waals surface area contributed by atoms with Gasteiger partial charge in [-0.2, -0.15) is 17.5 Å².